The molecule has 1 heterocycles. The van der Waals surface area contributed by atoms with Crippen LogP contribution in [0, 0.1) is 11.6 Å². The van der Waals surface area contributed by atoms with Crippen molar-refractivity contribution >= 4 is 23.2 Å². The quantitative estimate of drug-likeness (QED) is 0.890. The van der Waals surface area contributed by atoms with E-state index in [1.807, 2.05) is 0 Å². The van der Waals surface area contributed by atoms with E-state index in [0.717, 1.165) is 6.07 Å². The van der Waals surface area contributed by atoms with Gasteiger partial charge in [-0.25, -0.2) is 8.78 Å². The number of anilines is 1. The molecule has 19 heavy (non-hydrogen) atoms. The number of hydrogen-bond acceptors (Lipinski definition) is 2. The zero-order chi connectivity index (χ0) is 14.0. The third kappa shape index (κ3) is 2.97. The van der Waals surface area contributed by atoms with Crippen molar-refractivity contribution in [1.29, 1.82) is 0 Å². The van der Waals surface area contributed by atoms with E-state index in [0.29, 0.717) is 6.07 Å². The standard InChI is InChI=1S/C12H7ClF2N2O2/c13-7-4-6(14)5-8(15)11(7)17-12(19)9-2-1-3-10(18)16-9/h1-5H,(H,16,18)(H,17,19). The number of nitrogens with one attached hydrogen (secondary N) is 2. The molecule has 1 aromatic carbocycles. The van der Waals surface area contributed by atoms with Crippen LogP contribution >= 0.6 is 11.6 Å². The van der Waals surface area contributed by atoms with E-state index >= 15 is 0 Å². The molecule has 98 valence electrons. The SMILES string of the molecule is O=C(Nc1c(F)cc(F)cc1Cl)c1cccc(=O)[nH]1. The highest BCUT2D eigenvalue weighted by Gasteiger charge is 2.14. The molecular formula is C12H7ClF2N2O2. The summed E-state index contributed by atoms with van der Waals surface area (Å²) < 4.78 is 26.3. The number of benzene rings is 1. The lowest BCUT2D eigenvalue weighted by Gasteiger charge is -2.08. The van der Waals surface area contributed by atoms with Crippen LogP contribution in [-0.2, 0) is 0 Å². The molecule has 0 radical (unpaired) electrons. The van der Waals surface area contributed by atoms with Crippen LogP contribution in [0.4, 0.5) is 14.5 Å². The van der Waals surface area contributed by atoms with Crippen molar-refractivity contribution in [2.24, 2.45) is 0 Å². The van der Waals surface area contributed by atoms with Gasteiger partial charge in [-0.05, 0) is 12.1 Å². The number of pyridine rings is 1. The number of carbonyl (C=O) groups is 1. The Labute approximate surface area is 111 Å². The molecule has 0 saturated carbocycles. The number of halogens is 3. The van der Waals surface area contributed by atoms with Gasteiger partial charge in [-0.3, -0.25) is 9.59 Å². The molecule has 4 nitrogen and oxygen atoms in total. The smallest absolute Gasteiger partial charge is 0.272 e. The first-order valence-corrected chi connectivity index (χ1v) is 5.50. The van der Waals surface area contributed by atoms with Crippen LogP contribution in [0.1, 0.15) is 10.5 Å². The summed E-state index contributed by atoms with van der Waals surface area (Å²) in [5.41, 5.74) is -0.886. The maximum atomic E-state index is 13.5. The summed E-state index contributed by atoms with van der Waals surface area (Å²) in [6.45, 7) is 0. The fraction of sp³-hybridized carbons (Fsp3) is 0. The molecule has 0 fully saturated rings. The van der Waals surface area contributed by atoms with Crippen LogP contribution in [-0.4, -0.2) is 10.9 Å². The van der Waals surface area contributed by atoms with Gasteiger partial charge < -0.3 is 10.3 Å². The number of hydrogen-bond donors (Lipinski definition) is 2. The van der Waals surface area contributed by atoms with Crippen LogP contribution in [0.2, 0.25) is 5.02 Å². The zero-order valence-corrected chi connectivity index (χ0v) is 10.1. The average molecular weight is 285 g/mol. The van der Waals surface area contributed by atoms with Gasteiger partial charge in [0.05, 0.1) is 10.7 Å². The second-order valence-electron chi connectivity index (χ2n) is 3.63. The van der Waals surface area contributed by atoms with E-state index in [1.54, 1.807) is 0 Å². The van der Waals surface area contributed by atoms with Crippen molar-refractivity contribution in [3.8, 4) is 0 Å². The second-order valence-corrected chi connectivity index (χ2v) is 4.03. The first kappa shape index (κ1) is 13.2. The predicted molar refractivity (Wildman–Crippen MR) is 66.4 cm³/mol. The highest BCUT2D eigenvalue weighted by Crippen LogP contribution is 2.26. The molecule has 2 aromatic rings. The largest absolute Gasteiger partial charge is 0.318 e. The predicted octanol–water partition coefficient (Wildman–Crippen LogP) is 2.56. The Morgan fingerprint density at radius 1 is 1.26 bits per heavy atom. The molecule has 1 amide bonds. The summed E-state index contributed by atoms with van der Waals surface area (Å²) in [6.07, 6.45) is 0. The van der Waals surface area contributed by atoms with Crippen molar-refractivity contribution in [2.75, 3.05) is 5.32 Å². The van der Waals surface area contributed by atoms with Crippen LogP contribution in [0.15, 0.2) is 35.1 Å². The van der Waals surface area contributed by atoms with Crippen LogP contribution < -0.4 is 10.9 Å². The van der Waals surface area contributed by atoms with Gasteiger partial charge in [0.1, 0.15) is 11.5 Å². The summed E-state index contributed by atoms with van der Waals surface area (Å²) in [5, 5.41) is 1.89. The Morgan fingerprint density at radius 3 is 2.63 bits per heavy atom. The Hall–Kier alpha value is -2.21. The lowest BCUT2D eigenvalue weighted by Crippen LogP contribution is -2.18. The molecule has 0 aliphatic rings. The Kier molecular flexibility index (Phi) is 3.62. The summed E-state index contributed by atoms with van der Waals surface area (Å²) >= 11 is 5.63. The van der Waals surface area contributed by atoms with Crippen molar-refractivity contribution in [3.05, 3.63) is 63.0 Å². The van der Waals surface area contributed by atoms with Crippen molar-refractivity contribution in [3.63, 3.8) is 0 Å². The van der Waals surface area contributed by atoms with Crippen LogP contribution in [0.25, 0.3) is 0 Å². The third-order valence-electron chi connectivity index (χ3n) is 2.26. The highest BCUT2D eigenvalue weighted by atomic mass is 35.5. The topological polar surface area (TPSA) is 62.0 Å². The van der Waals surface area contributed by atoms with E-state index in [2.05, 4.69) is 10.3 Å². The minimum atomic E-state index is -1.00. The average Bonchev–Trinajstić information content (AvgIpc) is 2.33. The summed E-state index contributed by atoms with van der Waals surface area (Å²) in [7, 11) is 0. The molecule has 0 spiro atoms. The van der Waals surface area contributed by atoms with Gasteiger partial charge in [0.15, 0.2) is 5.82 Å². The fourth-order valence-electron chi connectivity index (χ4n) is 1.42. The van der Waals surface area contributed by atoms with Gasteiger partial charge in [0.2, 0.25) is 5.56 Å². The summed E-state index contributed by atoms with van der Waals surface area (Å²) in [5.74, 6) is -2.62. The van der Waals surface area contributed by atoms with Crippen molar-refractivity contribution in [1.82, 2.24) is 4.98 Å². The third-order valence-corrected chi connectivity index (χ3v) is 2.56. The monoisotopic (exact) mass is 284 g/mol. The molecule has 1 aromatic heterocycles. The molecule has 0 aliphatic carbocycles. The first-order valence-electron chi connectivity index (χ1n) is 5.12. The molecule has 2 rings (SSSR count). The first-order chi connectivity index (χ1) is 8.97. The molecule has 0 aliphatic heterocycles. The van der Waals surface area contributed by atoms with Gasteiger partial charge >= 0.3 is 0 Å². The van der Waals surface area contributed by atoms with E-state index in [-0.39, 0.29) is 16.4 Å². The number of aromatic nitrogens is 1. The minimum absolute atomic E-state index is 0.0627. The van der Waals surface area contributed by atoms with Gasteiger partial charge in [0, 0.05) is 12.1 Å². The Morgan fingerprint density at radius 2 is 2.00 bits per heavy atom. The van der Waals surface area contributed by atoms with Crippen molar-refractivity contribution in [2.45, 2.75) is 0 Å². The minimum Gasteiger partial charge on any atom is -0.318 e. The number of rotatable bonds is 2. The van der Waals surface area contributed by atoms with E-state index < -0.39 is 23.1 Å². The summed E-state index contributed by atoms with van der Waals surface area (Å²) in [6, 6.07) is 5.40. The molecule has 0 saturated heterocycles. The molecular weight excluding hydrogens is 278 g/mol. The lowest BCUT2D eigenvalue weighted by atomic mass is 10.2. The van der Waals surface area contributed by atoms with E-state index in [4.69, 9.17) is 11.6 Å². The van der Waals surface area contributed by atoms with Crippen LogP contribution in [0.3, 0.4) is 0 Å². The van der Waals surface area contributed by atoms with Gasteiger partial charge in [0.25, 0.3) is 5.91 Å². The number of carbonyl (C=O) groups excluding carboxylic acids is 1. The Bertz CT molecular complexity index is 677. The second kappa shape index (κ2) is 5.19. The molecule has 7 heteroatoms. The molecule has 0 unspecified atom stereocenters. The normalized spacial score (nSPS) is 10.3. The number of amides is 1. The number of aromatic amines is 1. The van der Waals surface area contributed by atoms with Crippen molar-refractivity contribution < 1.29 is 13.6 Å². The fourth-order valence-corrected chi connectivity index (χ4v) is 1.66. The number of H-pyrrole nitrogens is 1. The van der Waals surface area contributed by atoms with Gasteiger partial charge in [-0.2, -0.15) is 0 Å². The van der Waals surface area contributed by atoms with E-state index in [9.17, 15) is 18.4 Å². The lowest BCUT2D eigenvalue weighted by molar-refractivity contribution is 0.102. The molecule has 0 atom stereocenters. The summed E-state index contributed by atoms with van der Waals surface area (Å²) in [4.78, 5) is 25.1. The van der Waals surface area contributed by atoms with E-state index in [1.165, 1.54) is 18.2 Å². The van der Waals surface area contributed by atoms with Gasteiger partial charge in [-0.1, -0.05) is 17.7 Å². The maximum Gasteiger partial charge on any atom is 0.272 e. The highest BCUT2D eigenvalue weighted by molar-refractivity contribution is 6.33. The van der Waals surface area contributed by atoms with Gasteiger partial charge in [-0.15, -0.1) is 0 Å². The molecule has 2 N–H and O–H groups in total. The van der Waals surface area contributed by atoms with Crippen LogP contribution in [0.5, 0.6) is 0 Å². The zero-order valence-electron chi connectivity index (χ0n) is 9.34. The molecule has 0 bridgehead atoms. The maximum absolute atomic E-state index is 13.5. The Balaban J connectivity index is 2.32.